The molecule has 1 atom stereocenters. The third-order valence-corrected chi connectivity index (χ3v) is 3.34. The van der Waals surface area contributed by atoms with Crippen molar-refractivity contribution in [2.45, 2.75) is 13.0 Å². The maximum absolute atomic E-state index is 9.22. The van der Waals surface area contributed by atoms with E-state index in [-0.39, 0.29) is 0 Å². The van der Waals surface area contributed by atoms with Gasteiger partial charge < -0.3 is 9.87 Å². The predicted molar refractivity (Wildman–Crippen MR) is 82.2 cm³/mol. The van der Waals surface area contributed by atoms with E-state index in [2.05, 4.69) is 46.1 Å². The number of likely N-dealkylation sites (N-methyl/N-ethyl adjacent to an activating group) is 1. The van der Waals surface area contributed by atoms with Crippen molar-refractivity contribution in [2.75, 3.05) is 40.3 Å². The van der Waals surface area contributed by atoms with Crippen LogP contribution in [0.4, 0.5) is 0 Å². The second-order valence-corrected chi connectivity index (χ2v) is 5.66. The zero-order chi connectivity index (χ0) is 16.5. The second-order valence-electron chi connectivity index (χ2n) is 4.51. The molecule has 1 aliphatic rings. The number of hydrogen-bond donors (Lipinski definition) is 1. The lowest BCUT2D eigenvalue weighted by atomic mass is 10.2. The molecule has 0 aromatic heterocycles. The zero-order valence-corrected chi connectivity index (χ0v) is 13.7. The molecule has 0 amide bonds. The van der Waals surface area contributed by atoms with Crippen molar-refractivity contribution >= 4 is 16.2 Å². The number of nitrogens with one attached hydrogen (secondary N) is 1. The van der Waals surface area contributed by atoms with Crippen LogP contribution in [0.5, 0.6) is 0 Å². The summed E-state index contributed by atoms with van der Waals surface area (Å²) in [7, 11) is -1.46. The summed E-state index contributed by atoms with van der Waals surface area (Å²) < 4.78 is 33.3. The van der Waals surface area contributed by atoms with Gasteiger partial charge in [0.15, 0.2) is 0 Å². The summed E-state index contributed by atoms with van der Waals surface area (Å²) in [6, 6.07) is 0.371. The molecule has 21 heavy (non-hydrogen) atoms. The van der Waals surface area contributed by atoms with Gasteiger partial charge in [0.05, 0.1) is 14.2 Å². The van der Waals surface area contributed by atoms with E-state index in [1.807, 2.05) is 12.2 Å². The summed E-state index contributed by atoms with van der Waals surface area (Å²) in [5.41, 5.74) is 0. The van der Waals surface area contributed by atoms with Crippen molar-refractivity contribution in [2.24, 2.45) is 0 Å². The first-order valence-electron chi connectivity index (χ1n) is 6.56. The van der Waals surface area contributed by atoms with Crippen molar-refractivity contribution in [1.82, 2.24) is 10.2 Å². The van der Waals surface area contributed by atoms with Crippen molar-refractivity contribution in [3.05, 3.63) is 25.3 Å². The lowest BCUT2D eigenvalue weighted by Gasteiger charge is -2.17. The Morgan fingerprint density at radius 3 is 2.52 bits per heavy atom. The molecule has 8 heteroatoms. The van der Waals surface area contributed by atoms with Gasteiger partial charge in [-0.3, -0.25) is 13.7 Å². The van der Waals surface area contributed by atoms with Crippen LogP contribution in [-0.2, 0) is 14.6 Å². The van der Waals surface area contributed by atoms with Crippen LogP contribution >= 0.6 is 0 Å². The quantitative estimate of drug-likeness (QED) is 0.302. The molecule has 0 saturated heterocycles. The molecule has 0 aromatic rings. The van der Waals surface area contributed by atoms with Gasteiger partial charge in [-0.2, -0.15) is 0 Å². The molecule has 1 heterocycles. The van der Waals surface area contributed by atoms with Crippen LogP contribution in [0.3, 0.4) is 0 Å². The first-order chi connectivity index (χ1) is 9.76. The molecule has 0 fully saturated rings. The highest BCUT2D eigenvalue weighted by atomic mass is 32.3. The highest BCUT2D eigenvalue weighted by molar-refractivity contribution is 7.80. The maximum atomic E-state index is 9.22. The Morgan fingerprint density at radius 1 is 1.52 bits per heavy atom. The van der Waals surface area contributed by atoms with Crippen LogP contribution in [-0.4, -0.2) is 74.7 Å². The van der Waals surface area contributed by atoms with E-state index in [1.54, 1.807) is 0 Å². The molecule has 0 bridgehead atoms. The zero-order valence-electron chi connectivity index (χ0n) is 12.9. The average molecular weight is 319 g/mol. The molecule has 0 radical (unpaired) electrons. The van der Waals surface area contributed by atoms with E-state index >= 15 is 0 Å². The van der Waals surface area contributed by atoms with E-state index in [0.717, 1.165) is 33.3 Å². The van der Waals surface area contributed by atoms with Gasteiger partial charge in [-0.05, 0) is 6.92 Å². The minimum absolute atomic E-state index is 0.371. The number of nitrogens with zero attached hydrogens (tertiary/aromatic N) is 2. The normalized spacial score (nSPS) is 16.3. The maximum Gasteiger partial charge on any atom is 0.264 e. The van der Waals surface area contributed by atoms with Gasteiger partial charge >= 0.3 is 0 Å². The van der Waals surface area contributed by atoms with Crippen LogP contribution in [0.2, 0.25) is 0 Å². The lowest BCUT2D eigenvalue weighted by molar-refractivity contribution is -0.488. The highest BCUT2D eigenvalue weighted by Crippen LogP contribution is 2.04. The van der Waals surface area contributed by atoms with Gasteiger partial charge in [-0.25, -0.2) is 8.42 Å². The summed E-state index contributed by atoms with van der Waals surface area (Å²) >= 11 is 0. The Hall–Kier alpha value is -1.22. The molecular formula is C13H25N3O4S. The van der Waals surface area contributed by atoms with Gasteiger partial charge in [0, 0.05) is 6.54 Å². The van der Waals surface area contributed by atoms with Gasteiger partial charge in [-0.15, -0.1) is 6.58 Å². The van der Waals surface area contributed by atoms with Gasteiger partial charge in [0.2, 0.25) is 10.4 Å². The topological polar surface area (TPSA) is 84.7 Å². The fourth-order valence-corrected chi connectivity index (χ4v) is 2.04. The first-order valence-corrected chi connectivity index (χ1v) is 7.89. The molecule has 0 saturated carbocycles. The molecule has 0 spiro atoms. The smallest absolute Gasteiger partial charge is 0.264 e. The van der Waals surface area contributed by atoms with Gasteiger partial charge in [0.1, 0.15) is 25.7 Å². The van der Waals surface area contributed by atoms with E-state index in [1.165, 1.54) is 5.84 Å². The standard InChI is InChI=1S/C12H22N3.CH4O4S/c1-5-7-13-11(3)12-14(4)9-10-15(12)8-6-2;1-5-6(2,3)4/h5-6,11,13H,1-2,7-10H2,3-4H3;1H3,(H,2,3,4)/q+1;/p-1. The van der Waals surface area contributed by atoms with Crippen molar-refractivity contribution < 1.29 is 21.7 Å². The van der Waals surface area contributed by atoms with Gasteiger partial charge in [-0.1, -0.05) is 18.7 Å². The summed E-state index contributed by atoms with van der Waals surface area (Å²) in [6.45, 7) is 13.7. The first kappa shape index (κ1) is 19.8. The molecule has 1 N–H and O–H groups in total. The Labute approximate surface area is 127 Å². The largest absolute Gasteiger partial charge is 0.726 e. The number of hydrogen-bond acceptors (Lipinski definition) is 6. The van der Waals surface area contributed by atoms with Crippen LogP contribution in [0, 0.1) is 0 Å². The molecule has 0 aromatic carbocycles. The van der Waals surface area contributed by atoms with E-state index < -0.39 is 10.4 Å². The molecular weight excluding hydrogens is 294 g/mol. The van der Waals surface area contributed by atoms with Crippen LogP contribution in [0.25, 0.3) is 0 Å². The van der Waals surface area contributed by atoms with Crippen molar-refractivity contribution in [3.8, 4) is 0 Å². The molecule has 1 rings (SSSR count). The van der Waals surface area contributed by atoms with E-state index in [0.29, 0.717) is 6.04 Å². The fourth-order valence-electron chi connectivity index (χ4n) is 2.04. The minimum Gasteiger partial charge on any atom is -0.726 e. The third kappa shape index (κ3) is 7.96. The third-order valence-electron chi connectivity index (χ3n) is 2.93. The number of rotatable bonds is 7. The highest BCUT2D eigenvalue weighted by Gasteiger charge is 2.31. The van der Waals surface area contributed by atoms with E-state index in [9.17, 15) is 13.0 Å². The minimum atomic E-state index is -4.41. The number of amidine groups is 1. The second kappa shape index (κ2) is 9.67. The van der Waals surface area contributed by atoms with Crippen LogP contribution in [0.15, 0.2) is 25.3 Å². The molecule has 1 aliphatic heterocycles. The van der Waals surface area contributed by atoms with Crippen molar-refractivity contribution in [1.29, 1.82) is 0 Å². The van der Waals surface area contributed by atoms with Crippen LogP contribution < -0.4 is 5.32 Å². The predicted octanol–water partition coefficient (Wildman–Crippen LogP) is -0.214. The summed E-state index contributed by atoms with van der Waals surface area (Å²) in [4.78, 5) is 2.37. The Balaban J connectivity index is 0.000000567. The Kier molecular flexibility index (Phi) is 9.11. The Bertz CT molecular complexity index is 474. The SMILES string of the molecule is C=CCNC(C)C1=[N+](C)CCN1CC=C.COS(=O)(=O)[O-]. The van der Waals surface area contributed by atoms with Crippen molar-refractivity contribution in [3.63, 3.8) is 0 Å². The van der Waals surface area contributed by atoms with E-state index in [4.69, 9.17) is 0 Å². The summed E-state index contributed by atoms with van der Waals surface area (Å²) in [6.07, 6.45) is 3.85. The molecule has 0 aliphatic carbocycles. The fraction of sp³-hybridized carbons (Fsp3) is 0.615. The van der Waals surface area contributed by atoms with Crippen LogP contribution in [0.1, 0.15) is 6.92 Å². The molecule has 1 unspecified atom stereocenters. The monoisotopic (exact) mass is 319 g/mol. The van der Waals surface area contributed by atoms with Gasteiger partial charge in [0.25, 0.3) is 5.84 Å². The molecule has 122 valence electrons. The Morgan fingerprint density at radius 2 is 2.10 bits per heavy atom. The summed E-state index contributed by atoms with van der Waals surface area (Å²) in [5.74, 6) is 1.36. The summed E-state index contributed by atoms with van der Waals surface area (Å²) in [5, 5.41) is 3.42. The average Bonchev–Trinajstić information content (AvgIpc) is 2.77. The molecule has 7 nitrogen and oxygen atoms in total. The lowest BCUT2D eigenvalue weighted by Crippen LogP contribution is -2.45.